The summed E-state index contributed by atoms with van der Waals surface area (Å²) in [5.41, 5.74) is 0. The Balaban J connectivity index is 3.05. The molecule has 0 aliphatic rings. The summed E-state index contributed by atoms with van der Waals surface area (Å²) < 4.78 is 9.68. The maximum absolute atomic E-state index is 11.1. The first-order chi connectivity index (χ1) is 11.8. The lowest BCUT2D eigenvalue weighted by atomic mass is 10.0. The van der Waals surface area contributed by atoms with Gasteiger partial charge in [0.25, 0.3) is 0 Å². The van der Waals surface area contributed by atoms with E-state index in [0.29, 0.717) is 6.61 Å². The van der Waals surface area contributed by atoms with Crippen LogP contribution in [0.25, 0.3) is 0 Å². The van der Waals surface area contributed by atoms with Crippen molar-refractivity contribution in [1.82, 2.24) is 0 Å². The number of hydrogen-bond acceptors (Lipinski definition) is 3. The van der Waals surface area contributed by atoms with Crippen LogP contribution < -0.4 is 0 Å². The van der Waals surface area contributed by atoms with Gasteiger partial charge in [-0.2, -0.15) is 0 Å². The van der Waals surface area contributed by atoms with Gasteiger partial charge in [0.1, 0.15) is 6.61 Å². The Kier molecular flexibility index (Phi) is 19.2. The number of rotatable bonds is 18. The Hall–Kier alpha value is -0.990. The molecule has 0 heterocycles. The van der Waals surface area contributed by atoms with Crippen LogP contribution in [0.2, 0.25) is 0 Å². The topological polar surface area (TPSA) is 35.5 Å². The lowest BCUT2D eigenvalue weighted by Crippen LogP contribution is -2.08. The van der Waals surface area contributed by atoms with E-state index in [-0.39, 0.29) is 6.61 Å². The molecule has 0 bridgehead atoms. The Morgan fingerprint density at radius 3 is 1.54 bits per heavy atom. The van der Waals surface area contributed by atoms with Crippen LogP contribution in [0.1, 0.15) is 103 Å². The number of carbonyl (C=O) groups excluding carboxylic acids is 1. The molecule has 3 heteroatoms. The van der Waals surface area contributed by atoms with E-state index < -0.39 is 6.16 Å². The van der Waals surface area contributed by atoms with Crippen molar-refractivity contribution in [1.29, 1.82) is 0 Å². The highest BCUT2D eigenvalue weighted by Gasteiger charge is 2.01. The molecule has 0 aliphatic heterocycles. The molecule has 0 aromatic rings. The fourth-order valence-corrected chi connectivity index (χ4v) is 2.80. The number of carbonyl (C=O) groups is 1. The monoisotopic (exact) mass is 340 g/mol. The predicted octanol–water partition coefficient (Wildman–Crippen LogP) is 7.20. The van der Waals surface area contributed by atoms with Gasteiger partial charge in [-0.1, -0.05) is 109 Å². The summed E-state index contributed by atoms with van der Waals surface area (Å²) in [5.74, 6) is 0. The van der Waals surface area contributed by atoms with Crippen molar-refractivity contribution in [3.63, 3.8) is 0 Å². The maximum Gasteiger partial charge on any atom is 0.508 e. The van der Waals surface area contributed by atoms with E-state index >= 15 is 0 Å². The van der Waals surface area contributed by atoms with Crippen LogP contribution in [0.5, 0.6) is 0 Å². The molecule has 0 fully saturated rings. The molecule has 0 radical (unpaired) electrons. The zero-order valence-electron chi connectivity index (χ0n) is 16.0. The highest BCUT2D eigenvalue weighted by atomic mass is 16.7. The summed E-state index contributed by atoms with van der Waals surface area (Å²) in [6.07, 6.45) is 21.0. The second-order valence-corrected chi connectivity index (χ2v) is 6.65. The van der Waals surface area contributed by atoms with Crippen LogP contribution in [0, 0.1) is 0 Å². The third-order valence-corrected chi connectivity index (χ3v) is 4.29. The van der Waals surface area contributed by atoms with Gasteiger partial charge in [-0.05, 0) is 6.42 Å². The van der Waals surface area contributed by atoms with Gasteiger partial charge in [-0.3, -0.25) is 0 Å². The van der Waals surface area contributed by atoms with Crippen LogP contribution >= 0.6 is 0 Å². The van der Waals surface area contributed by atoms with Crippen LogP contribution in [-0.4, -0.2) is 19.4 Å². The molecule has 0 saturated carbocycles. The molecule has 0 unspecified atom stereocenters. The van der Waals surface area contributed by atoms with Gasteiger partial charge in [0.2, 0.25) is 0 Å². The fraction of sp³-hybridized carbons (Fsp3) is 0.857. The molecule has 0 aromatic carbocycles. The average molecular weight is 341 g/mol. The van der Waals surface area contributed by atoms with E-state index in [1.165, 1.54) is 89.5 Å². The Morgan fingerprint density at radius 2 is 1.12 bits per heavy atom. The minimum atomic E-state index is -0.583. The van der Waals surface area contributed by atoms with E-state index in [9.17, 15) is 4.79 Å². The molecule has 0 saturated heterocycles. The average Bonchev–Trinajstić information content (AvgIpc) is 2.59. The molecule has 0 aromatic heterocycles. The summed E-state index contributed by atoms with van der Waals surface area (Å²) >= 11 is 0. The number of unbranched alkanes of at least 4 members (excludes halogenated alkanes) is 14. The first-order valence-electron chi connectivity index (χ1n) is 10.2. The predicted molar refractivity (Wildman–Crippen MR) is 102 cm³/mol. The van der Waals surface area contributed by atoms with Crippen LogP contribution in [0.3, 0.4) is 0 Å². The van der Waals surface area contributed by atoms with Gasteiger partial charge in [0.15, 0.2) is 0 Å². The highest BCUT2D eigenvalue weighted by Crippen LogP contribution is 2.13. The molecule has 0 N–H and O–H groups in total. The highest BCUT2D eigenvalue weighted by molar-refractivity contribution is 5.59. The summed E-state index contributed by atoms with van der Waals surface area (Å²) in [4.78, 5) is 11.1. The van der Waals surface area contributed by atoms with Crippen molar-refractivity contribution in [3.05, 3.63) is 12.7 Å². The molecule has 142 valence electrons. The van der Waals surface area contributed by atoms with Crippen molar-refractivity contribution in [3.8, 4) is 0 Å². The molecule has 24 heavy (non-hydrogen) atoms. The maximum atomic E-state index is 11.1. The first-order valence-corrected chi connectivity index (χ1v) is 10.2. The van der Waals surface area contributed by atoms with Crippen molar-refractivity contribution >= 4 is 6.16 Å². The second-order valence-electron chi connectivity index (χ2n) is 6.65. The van der Waals surface area contributed by atoms with Crippen LogP contribution in [0.15, 0.2) is 12.7 Å². The lowest BCUT2D eigenvalue weighted by Gasteiger charge is -2.05. The van der Waals surface area contributed by atoms with Gasteiger partial charge < -0.3 is 9.47 Å². The second kappa shape index (κ2) is 20.1. The van der Waals surface area contributed by atoms with Crippen molar-refractivity contribution in [2.24, 2.45) is 0 Å². The zero-order valence-corrected chi connectivity index (χ0v) is 16.0. The van der Waals surface area contributed by atoms with Gasteiger partial charge in [-0.25, -0.2) is 4.79 Å². The molecule has 0 amide bonds. The molecule has 0 rings (SSSR count). The third-order valence-electron chi connectivity index (χ3n) is 4.29. The van der Waals surface area contributed by atoms with E-state index in [1.54, 1.807) is 0 Å². The van der Waals surface area contributed by atoms with Crippen molar-refractivity contribution in [2.75, 3.05) is 13.2 Å². The molecule has 0 atom stereocenters. The van der Waals surface area contributed by atoms with E-state index in [4.69, 9.17) is 9.47 Å². The van der Waals surface area contributed by atoms with Gasteiger partial charge >= 0.3 is 6.16 Å². The zero-order chi connectivity index (χ0) is 17.7. The van der Waals surface area contributed by atoms with Crippen LogP contribution in [0.4, 0.5) is 4.79 Å². The molecular weight excluding hydrogens is 300 g/mol. The van der Waals surface area contributed by atoms with Crippen molar-refractivity contribution in [2.45, 2.75) is 103 Å². The molecule has 3 nitrogen and oxygen atoms in total. The Bertz CT molecular complexity index is 276. The van der Waals surface area contributed by atoms with Gasteiger partial charge in [-0.15, -0.1) is 0 Å². The summed E-state index contributed by atoms with van der Waals surface area (Å²) in [7, 11) is 0. The molecular formula is C21H40O3. The normalized spacial score (nSPS) is 10.5. The Labute approximate surface area is 150 Å². The largest absolute Gasteiger partial charge is 0.508 e. The number of hydrogen-bond donors (Lipinski definition) is 0. The molecule has 0 spiro atoms. The minimum Gasteiger partial charge on any atom is -0.434 e. The minimum absolute atomic E-state index is 0.220. The fourth-order valence-electron chi connectivity index (χ4n) is 2.80. The molecule has 0 aliphatic carbocycles. The first kappa shape index (κ1) is 23.0. The summed E-state index contributed by atoms with van der Waals surface area (Å²) in [5, 5.41) is 0. The smallest absolute Gasteiger partial charge is 0.434 e. The lowest BCUT2D eigenvalue weighted by molar-refractivity contribution is 0.0620. The third kappa shape index (κ3) is 19.1. The summed E-state index contributed by atoms with van der Waals surface area (Å²) in [6.45, 7) is 6.44. The SMILES string of the molecule is C=CCOC(=O)OCCCCCCCCCCCCCCCCC. The standard InChI is InChI=1S/C21H40O3/c1-3-5-6-7-8-9-10-11-12-13-14-15-16-17-18-20-24-21(22)23-19-4-2/h4H,2-3,5-20H2,1H3. The van der Waals surface area contributed by atoms with E-state index in [0.717, 1.165) is 12.8 Å². The van der Waals surface area contributed by atoms with Crippen molar-refractivity contribution < 1.29 is 14.3 Å². The van der Waals surface area contributed by atoms with Crippen LogP contribution in [-0.2, 0) is 9.47 Å². The summed E-state index contributed by atoms with van der Waals surface area (Å²) in [6, 6.07) is 0. The van der Waals surface area contributed by atoms with Gasteiger partial charge in [0.05, 0.1) is 6.61 Å². The van der Waals surface area contributed by atoms with E-state index in [2.05, 4.69) is 13.5 Å². The Morgan fingerprint density at radius 1 is 0.708 bits per heavy atom. The quantitative estimate of drug-likeness (QED) is 0.150. The number of ether oxygens (including phenoxy) is 2. The van der Waals surface area contributed by atoms with Gasteiger partial charge in [0, 0.05) is 0 Å². The van der Waals surface area contributed by atoms with E-state index in [1.807, 2.05) is 0 Å².